The van der Waals surface area contributed by atoms with Gasteiger partial charge in [0.05, 0.1) is 24.4 Å². The Labute approximate surface area is 103 Å². The van der Waals surface area contributed by atoms with E-state index in [0.717, 1.165) is 0 Å². The van der Waals surface area contributed by atoms with Crippen LogP contribution in [0.2, 0.25) is 0 Å². The summed E-state index contributed by atoms with van der Waals surface area (Å²) in [6.45, 7) is 8.26. The summed E-state index contributed by atoms with van der Waals surface area (Å²) in [5, 5.41) is 10.3. The van der Waals surface area contributed by atoms with Crippen LogP contribution in [-0.4, -0.2) is 42.3 Å². The molecule has 5 N–H and O–H groups in total. The zero-order chi connectivity index (χ0) is 13.2. The molecule has 0 aliphatic carbocycles. The Morgan fingerprint density at radius 2 is 1.88 bits per heavy atom. The first-order valence-corrected chi connectivity index (χ1v) is 6.33. The second-order valence-corrected chi connectivity index (χ2v) is 5.35. The highest BCUT2D eigenvalue weighted by molar-refractivity contribution is 4.93. The minimum atomic E-state index is -0.638. The second-order valence-electron chi connectivity index (χ2n) is 5.35. The van der Waals surface area contributed by atoms with Crippen LogP contribution in [0.25, 0.3) is 0 Å². The van der Waals surface area contributed by atoms with Gasteiger partial charge in [0.15, 0.2) is 6.29 Å². The lowest BCUT2D eigenvalue weighted by Gasteiger charge is -2.45. The summed E-state index contributed by atoms with van der Waals surface area (Å²) < 4.78 is 11.3. The zero-order valence-electron chi connectivity index (χ0n) is 11.2. The maximum Gasteiger partial charge on any atom is 0.175 e. The molecule has 102 valence electrons. The molecule has 0 aromatic heterocycles. The standard InChI is InChI=1S/C12H26N2O3/c1-6(2)9-8(5-13)17-12(16-7(3)4)10(14)11(9)15/h6-12,15H,5,13-14H2,1-4H3/t8?,9-,10?,11?,12+/m1/s1. The van der Waals surface area contributed by atoms with Crippen molar-refractivity contribution in [3.05, 3.63) is 0 Å². The Balaban J connectivity index is 2.78. The van der Waals surface area contributed by atoms with Crippen molar-refractivity contribution < 1.29 is 14.6 Å². The van der Waals surface area contributed by atoms with Gasteiger partial charge in [-0.1, -0.05) is 13.8 Å². The van der Waals surface area contributed by atoms with E-state index in [1.807, 2.05) is 27.7 Å². The quantitative estimate of drug-likeness (QED) is 0.652. The molecule has 5 heteroatoms. The van der Waals surface area contributed by atoms with Gasteiger partial charge in [0.2, 0.25) is 0 Å². The van der Waals surface area contributed by atoms with E-state index in [-0.39, 0.29) is 24.0 Å². The lowest BCUT2D eigenvalue weighted by atomic mass is 9.80. The van der Waals surface area contributed by atoms with Crippen molar-refractivity contribution in [3.63, 3.8) is 0 Å². The molecule has 0 saturated carbocycles. The maximum atomic E-state index is 10.3. The Kier molecular flexibility index (Phi) is 5.34. The van der Waals surface area contributed by atoms with Gasteiger partial charge in [-0.15, -0.1) is 0 Å². The highest BCUT2D eigenvalue weighted by Gasteiger charge is 2.44. The van der Waals surface area contributed by atoms with Gasteiger partial charge in [-0.05, 0) is 19.8 Å². The molecule has 0 aromatic carbocycles. The van der Waals surface area contributed by atoms with E-state index in [0.29, 0.717) is 6.54 Å². The summed E-state index contributed by atoms with van der Waals surface area (Å²) >= 11 is 0. The fourth-order valence-electron chi connectivity index (χ4n) is 2.42. The number of hydrogen-bond donors (Lipinski definition) is 3. The monoisotopic (exact) mass is 246 g/mol. The van der Waals surface area contributed by atoms with Crippen molar-refractivity contribution in [3.8, 4) is 0 Å². The predicted octanol–water partition coefficient (Wildman–Crippen LogP) is 0.0554. The van der Waals surface area contributed by atoms with Crippen LogP contribution in [0.5, 0.6) is 0 Å². The molecule has 1 fully saturated rings. The van der Waals surface area contributed by atoms with Crippen LogP contribution in [-0.2, 0) is 9.47 Å². The van der Waals surface area contributed by atoms with Crippen molar-refractivity contribution in [1.82, 2.24) is 0 Å². The van der Waals surface area contributed by atoms with Crippen molar-refractivity contribution in [1.29, 1.82) is 0 Å². The van der Waals surface area contributed by atoms with Gasteiger partial charge in [0.25, 0.3) is 0 Å². The third kappa shape index (κ3) is 3.39. The van der Waals surface area contributed by atoms with E-state index in [4.69, 9.17) is 20.9 Å². The van der Waals surface area contributed by atoms with Crippen LogP contribution in [0.4, 0.5) is 0 Å². The zero-order valence-corrected chi connectivity index (χ0v) is 11.2. The normalized spacial score (nSPS) is 39.0. The van der Waals surface area contributed by atoms with Crippen molar-refractivity contribution in [2.45, 2.75) is 58.3 Å². The van der Waals surface area contributed by atoms with E-state index in [1.54, 1.807) is 0 Å². The van der Waals surface area contributed by atoms with Gasteiger partial charge in [-0.2, -0.15) is 0 Å². The maximum absolute atomic E-state index is 10.3. The summed E-state index contributed by atoms with van der Waals surface area (Å²) in [5.41, 5.74) is 11.7. The van der Waals surface area contributed by atoms with Crippen LogP contribution < -0.4 is 11.5 Å². The van der Waals surface area contributed by atoms with Gasteiger partial charge >= 0.3 is 0 Å². The Bertz CT molecular complexity index is 232. The Morgan fingerprint density at radius 1 is 1.29 bits per heavy atom. The molecule has 0 bridgehead atoms. The summed E-state index contributed by atoms with van der Waals surface area (Å²) in [5.74, 6) is 0.228. The van der Waals surface area contributed by atoms with Gasteiger partial charge in [-0.25, -0.2) is 0 Å². The molecule has 1 saturated heterocycles. The summed E-state index contributed by atoms with van der Waals surface area (Å²) in [4.78, 5) is 0. The fraction of sp³-hybridized carbons (Fsp3) is 1.00. The van der Waals surface area contributed by atoms with Crippen LogP contribution in [0.1, 0.15) is 27.7 Å². The van der Waals surface area contributed by atoms with Gasteiger partial charge in [0.1, 0.15) is 0 Å². The van der Waals surface area contributed by atoms with Crippen LogP contribution >= 0.6 is 0 Å². The number of hydrogen-bond acceptors (Lipinski definition) is 5. The number of rotatable bonds is 4. The molecule has 0 amide bonds. The lowest BCUT2D eigenvalue weighted by molar-refractivity contribution is -0.259. The molecule has 1 aliphatic rings. The molecule has 1 aliphatic heterocycles. The topological polar surface area (TPSA) is 90.7 Å². The third-order valence-electron chi connectivity index (χ3n) is 3.25. The summed E-state index contributed by atoms with van der Waals surface area (Å²) in [6, 6.07) is -0.521. The van der Waals surface area contributed by atoms with E-state index in [9.17, 15) is 5.11 Å². The highest BCUT2D eigenvalue weighted by atomic mass is 16.7. The summed E-state index contributed by atoms with van der Waals surface area (Å²) in [7, 11) is 0. The van der Waals surface area contributed by atoms with Crippen LogP contribution in [0, 0.1) is 11.8 Å². The Morgan fingerprint density at radius 3 is 2.29 bits per heavy atom. The first-order chi connectivity index (χ1) is 7.88. The van der Waals surface area contributed by atoms with Crippen molar-refractivity contribution in [2.75, 3.05) is 6.54 Å². The summed E-state index contributed by atoms with van der Waals surface area (Å²) in [6.07, 6.45) is -1.41. The first-order valence-electron chi connectivity index (χ1n) is 6.33. The average molecular weight is 246 g/mol. The Hall–Kier alpha value is -0.200. The van der Waals surface area contributed by atoms with Crippen LogP contribution in [0.15, 0.2) is 0 Å². The second kappa shape index (κ2) is 6.11. The molecule has 3 unspecified atom stereocenters. The molecule has 5 nitrogen and oxygen atoms in total. The van der Waals surface area contributed by atoms with Gasteiger partial charge in [-0.3, -0.25) is 0 Å². The van der Waals surface area contributed by atoms with E-state index < -0.39 is 18.4 Å². The van der Waals surface area contributed by atoms with E-state index in [2.05, 4.69) is 0 Å². The van der Waals surface area contributed by atoms with Crippen molar-refractivity contribution >= 4 is 0 Å². The fourth-order valence-corrected chi connectivity index (χ4v) is 2.42. The smallest absolute Gasteiger partial charge is 0.175 e. The number of ether oxygens (including phenoxy) is 2. The highest BCUT2D eigenvalue weighted by Crippen LogP contribution is 2.31. The predicted molar refractivity (Wildman–Crippen MR) is 66.2 cm³/mol. The molecule has 0 spiro atoms. The largest absolute Gasteiger partial charge is 0.391 e. The van der Waals surface area contributed by atoms with E-state index >= 15 is 0 Å². The minimum Gasteiger partial charge on any atom is -0.391 e. The van der Waals surface area contributed by atoms with Crippen LogP contribution in [0.3, 0.4) is 0 Å². The lowest BCUT2D eigenvalue weighted by Crippen LogP contribution is -2.62. The molecule has 0 aromatic rings. The van der Waals surface area contributed by atoms with Gasteiger partial charge in [0, 0.05) is 12.5 Å². The van der Waals surface area contributed by atoms with Gasteiger partial charge < -0.3 is 26.0 Å². The van der Waals surface area contributed by atoms with E-state index in [1.165, 1.54) is 0 Å². The minimum absolute atomic E-state index is 0.00674. The number of nitrogens with two attached hydrogens (primary N) is 2. The average Bonchev–Trinajstić information content (AvgIpc) is 2.23. The number of aliphatic hydroxyl groups excluding tert-OH is 1. The molecule has 1 heterocycles. The molecular weight excluding hydrogens is 220 g/mol. The molecule has 0 radical (unpaired) electrons. The van der Waals surface area contributed by atoms with Crippen molar-refractivity contribution in [2.24, 2.45) is 23.3 Å². The SMILES string of the molecule is CC(C)O[C@H]1OC(CN)[C@@H](C(C)C)C(O)C1N. The number of aliphatic hydroxyl groups is 1. The molecular formula is C12H26N2O3. The third-order valence-corrected chi connectivity index (χ3v) is 3.25. The first kappa shape index (κ1) is 14.9. The molecule has 5 atom stereocenters. The molecule has 1 rings (SSSR count). The molecule has 17 heavy (non-hydrogen) atoms.